The Morgan fingerprint density at radius 3 is 2.39 bits per heavy atom. The van der Waals surface area contributed by atoms with Crippen LogP contribution in [0.3, 0.4) is 0 Å². The van der Waals surface area contributed by atoms with Gasteiger partial charge < -0.3 is 4.74 Å². The highest BCUT2D eigenvalue weighted by molar-refractivity contribution is 8.14. The van der Waals surface area contributed by atoms with E-state index in [1.807, 2.05) is 20.8 Å². The summed E-state index contributed by atoms with van der Waals surface area (Å²) in [7, 11) is 0. The van der Waals surface area contributed by atoms with E-state index in [1.165, 1.54) is 18.0 Å². The maximum atomic E-state index is 12.1. The fourth-order valence-corrected chi connectivity index (χ4v) is 2.28. The van der Waals surface area contributed by atoms with Gasteiger partial charge in [-0.1, -0.05) is 0 Å². The Labute approximate surface area is 112 Å². The summed E-state index contributed by atoms with van der Waals surface area (Å²) in [6.07, 6.45) is 2.30. The van der Waals surface area contributed by atoms with Gasteiger partial charge in [-0.2, -0.15) is 0 Å². The first kappa shape index (κ1) is 15.0. The molecule has 1 heterocycles. The van der Waals surface area contributed by atoms with E-state index in [0.29, 0.717) is 16.4 Å². The van der Waals surface area contributed by atoms with Crippen molar-refractivity contribution in [2.24, 2.45) is 10.4 Å². The minimum absolute atomic E-state index is 0.302. The van der Waals surface area contributed by atoms with Gasteiger partial charge in [0.15, 0.2) is 0 Å². The number of hydrogen-bond donors (Lipinski definition) is 0. The van der Waals surface area contributed by atoms with Crippen molar-refractivity contribution in [3.8, 4) is 0 Å². The molecule has 0 saturated heterocycles. The van der Waals surface area contributed by atoms with Gasteiger partial charge in [0.2, 0.25) is 0 Å². The SMILES string of the molecule is CC(C)(C)OC(=O)C(C)(C)C1=NC=C(C=O)CS1. The number of aliphatic imine (C=N–C) groups is 1. The second kappa shape index (κ2) is 5.26. The van der Waals surface area contributed by atoms with Crippen molar-refractivity contribution in [3.63, 3.8) is 0 Å². The molecular formula is C13H19NO3S. The molecule has 100 valence electrons. The van der Waals surface area contributed by atoms with E-state index < -0.39 is 11.0 Å². The lowest BCUT2D eigenvalue weighted by molar-refractivity contribution is -0.161. The van der Waals surface area contributed by atoms with Crippen LogP contribution in [0.2, 0.25) is 0 Å². The predicted octanol–water partition coefficient (Wildman–Crippen LogP) is 2.58. The van der Waals surface area contributed by atoms with Crippen LogP contribution in [0.5, 0.6) is 0 Å². The van der Waals surface area contributed by atoms with Crippen LogP contribution in [0.4, 0.5) is 0 Å². The van der Waals surface area contributed by atoms with Gasteiger partial charge in [-0.15, -0.1) is 11.8 Å². The Morgan fingerprint density at radius 1 is 1.39 bits per heavy atom. The van der Waals surface area contributed by atoms with Crippen molar-refractivity contribution in [1.29, 1.82) is 0 Å². The van der Waals surface area contributed by atoms with Gasteiger partial charge in [-0.3, -0.25) is 14.6 Å². The average molecular weight is 269 g/mol. The fourth-order valence-electron chi connectivity index (χ4n) is 1.27. The third-order valence-corrected chi connectivity index (χ3v) is 3.69. The molecule has 0 fully saturated rings. The number of thioether (sulfide) groups is 1. The van der Waals surface area contributed by atoms with Crippen LogP contribution >= 0.6 is 11.8 Å². The highest BCUT2D eigenvalue weighted by Crippen LogP contribution is 2.32. The Balaban J connectivity index is 2.87. The summed E-state index contributed by atoms with van der Waals surface area (Å²) in [6, 6.07) is 0. The smallest absolute Gasteiger partial charge is 0.318 e. The summed E-state index contributed by atoms with van der Waals surface area (Å²) < 4.78 is 5.39. The van der Waals surface area contributed by atoms with Crippen molar-refractivity contribution in [1.82, 2.24) is 0 Å². The molecule has 5 heteroatoms. The van der Waals surface area contributed by atoms with Gasteiger partial charge in [0.25, 0.3) is 0 Å². The largest absolute Gasteiger partial charge is 0.459 e. The van der Waals surface area contributed by atoms with E-state index in [9.17, 15) is 9.59 Å². The van der Waals surface area contributed by atoms with Gasteiger partial charge in [-0.25, -0.2) is 0 Å². The lowest BCUT2D eigenvalue weighted by Crippen LogP contribution is -2.38. The number of esters is 1. The molecule has 0 aromatic carbocycles. The maximum Gasteiger partial charge on any atom is 0.318 e. The number of carbonyl (C=O) groups is 2. The third kappa shape index (κ3) is 3.70. The summed E-state index contributed by atoms with van der Waals surface area (Å²) in [5, 5.41) is 0.683. The van der Waals surface area contributed by atoms with E-state index in [-0.39, 0.29) is 5.97 Å². The first-order valence-electron chi connectivity index (χ1n) is 5.75. The molecule has 1 aliphatic rings. The van der Waals surface area contributed by atoms with Crippen molar-refractivity contribution in [3.05, 3.63) is 11.8 Å². The predicted molar refractivity (Wildman–Crippen MR) is 73.7 cm³/mol. The number of rotatable bonds is 3. The monoisotopic (exact) mass is 269 g/mol. The molecule has 0 radical (unpaired) electrons. The van der Waals surface area contributed by atoms with Crippen LogP contribution < -0.4 is 0 Å². The molecule has 0 saturated carbocycles. The third-order valence-electron chi connectivity index (χ3n) is 2.32. The Bertz CT molecular complexity index is 416. The average Bonchev–Trinajstić information content (AvgIpc) is 2.27. The Morgan fingerprint density at radius 2 is 2.00 bits per heavy atom. The highest BCUT2D eigenvalue weighted by Gasteiger charge is 2.38. The van der Waals surface area contributed by atoms with E-state index in [2.05, 4.69) is 4.99 Å². The molecular weight excluding hydrogens is 250 g/mol. The Kier molecular flexibility index (Phi) is 4.37. The number of nitrogens with zero attached hydrogens (tertiary/aromatic N) is 1. The molecule has 0 bridgehead atoms. The lowest BCUT2D eigenvalue weighted by atomic mass is 9.94. The molecule has 0 N–H and O–H groups in total. The molecule has 18 heavy (non-hydrogen) atoms. The van der Waals surface area contributed by atoms with E-state index in [4.69, 9.17) is 4.74 Å². The molecule has 4 nitrogen and oxygen atoms in total. The molecule has 0 aromatic heterocycles. The van der Waals surface area contributed by atoms with Crippen LogP contribution in [0.1, 0.15) is 34.6 Å². The molecule has 0 unspecified atom stereocenters. The van der Waals surface area contributed by atoms with Gasteiger partial charge in [0.05, 0.1) is 5.04 Å². The number of ether oxygens (including phenoxy) is 1. The molecule has 1 rings (SSSR count). The quantitative estimate of drug-likeness (QED) is 0.583. The van der Waals surface area contributed by atoms with Gasteiger partial charge in [0, 0.05) is 17.5 Å². The Hall–Kier alpha value is -1.10. The summed E-state index contributed by atoms with van der Waals surface area (Å²) in [5.74, 6) is 0.248. The van der Waals surface area contributed by atoms with Crippen molar-refractivity contribution < 1.29 is 14.3 Å². The first-order valence-corrected chi connectivity index (χ1v) is 6.74. The zero-order valence-corrected chi connectivity index (χ0v) is 12.3. The topological polar surface area (TPSA) is 55.7 Å². The van der Waals surface area contributed by atoms with Crippen LogP contribution in [-0.4, -0.2) is 28.7 Å². The summed E-state index contributed by atoms with van der Waals surface area (Å²) in [6.45, 7) is 9.07. The highest BCUT2D eigenvalue weighted by atomic mass is 32.2. The maximum absolute atomic E-state index is 12.1. The molecule has 1 aliphatic heterocycles. The summed E-state index contributed by atoms with van der Waals surface area (Å²) in [5.41, 5.74) is -0.676. The van der Waals surface area contributed by atoms with Crippen molar-refractivity contribution in [2.45, 2.75) is 40.2 Å². The first-order chi connectivity index (χ1) is 8.16. The van der Waals surface area contributed by atoms with Crippen molar-refractivity contribution >= 4 is 29.1 Å². The van der Waals surface area contributed by atoms with Crippen LogP contribution in [0.15, 0.2) is 16.8 Å². The van der Waals surface area contributed by atoms with Gasteiger partial charge in [0.1, 0.15) is 17.3 Å². The molecule has 0 aliphatic carbocycles. The van der Waals surface area contributed by atoms with Crippen LogP contribution in [-0.2, 0) is 14.3 Å². The second-order valence-electron chi connectivity index (χ2n) is 5.67. The van der Waals surface area contributed by atoms with Gasteiger partial charge >= 0.3 is 5.97 Å². The summed E-state index contributed by atoms with van der Waals surface area (Å²) in [4.78, 5) is 26.9. The van der Waals surface area contributed by atoms with E-state index in [0.717, 1.165) is 6.29 Å². The molecule has 0 spiro atoms. The molecule has 0 atom stereocenters. The number of hydrogen-bond acceptors (Lipinski definition) is 5. The second-order valence-corrected chi connectivity index (χ2v) is 6.64. The normalized spacial score (nSPS) is 16.7. The van der Waals surface area contributed by atoms with Crippen LogP contribution in [0, 0.1) is 5.41 Å². The molecule has 0 amide bonds. The minimum Gasteiger partial charge on any atom is -0.459 e. The van der Waals surface area contributed by atoms with E-state index in [1.54, 1.807) is 13.8 Å². The van der Waals surface area contributed by atoms with E-state index >= 15 is 0 Å². The van der Waals surface area contributed by atoms with Gasteiger partial charge in [-0.05, 0) is 34.6 Å². The standard InChI is InChI=1S/C13H19NO3S/c1-12(2,3)17-11(16)13(4,5)10-14-6-9(7-15)8-18-10/h6-7H,8H2,1-5H3. The number of carbonyl (C=O) groups excluding carboxylic acids is 2. The molecule has 0 aromatic rings. The van der Waals surface area contributed by atoms with Crippen LogP contribution in [0.25, 0.3) is 0 Å². The minimum atomic E-state index is -0.789. The zero-order valence-electron chi connectivity index (χ0n) is 11.4. The fraction of sp³-hybridized carbons (Fsp3) is 0.615. The van der Waals surface area contributed by atoms with Crippen molar-refractivity contribution in [2.75, 3.05) is 5.75 Å². The summed E-state index contributed by atoms with van der Waals surface area (Å²) >= 11 is 1.41. The lowest BCUT2D eigenvalue weighted by Gasteiger charge is -2.29. The number of aldehydes is 1. The zero-order chi connectivity index (χ0) is 14.0.